The lowest BCUT2D eigenvalue weighted by Gasteiger charge is -2.25. The lowest BCUT2D eigenvalue weighted by Crippen LogP contribution is -2.54. The fourth-order valence-electron chi connectivity index (χ4n) is 2.86. The monoisotopic (exact) mass is 466 g/mol. The molecule has 1 aliphatic rings. The Hall–Kier alpha value is -1.33. The summed E-state index contributed by atoms with van der Waals surface area (Å²) in [7, 11) is -2.81. The Morgan fingerprint density at radius 2 is 1.87 bits per heavy atom. The topological polar surface area (TPSA) is 164 Å². The van der Waals surface area contributed by atoms with Gasteiger partial charge in [-0.3, -0.25) is 14.2 Å². The molecule has 11 nitrogen and oxygen atoms in total. The molecule has 7 N–H and O–H groups in total. The Bertz CT molecular complexity index is 613. The highest BCUT2D eigenvalue weighted by Gasteiger charge is 2.29. The number of nitrogens with one attached hydrogen (secondary N) is 5. The van der Waals surface area contributed by atoms with E-state index < -0.39 is 25.6 Å². The molecule has 0 saturated carbocycles. The number of nitrogens with two attached hydrogens (primary N) is 1. The summed E-state index contributed by atoms with van der Waals surface area (Å²) < 4.78 is 17.3. The first-order valence-corrected chi connectivity index (χ1v) is 12.9. The zero-order valence-corrected chi connectivity index (χ0v) is 19.6. The van der Waals surface area contributed by atoms with Crippen LogP contribution in [-0.4, -0.2) is 68.0 Å². The molecule has 0 bridgehead atoms. The highest BCUT2D eigenvalue weighted by molar-refractivity contribution is 8.00. The summed E-state index contributed by atoms with van der Waals surface area (Å²) in [5, 5.41) is 14.0. The second-order valence-corrected chi connectivity index (χ2v) is 10.6. The van der Waals surface area contributed by atoms with Gasteiger partial charge in [0.25, 0.3) is 7.52 Å². The van der Waals surface area contributed by atoms with Crippen molar-refractivity contribution in [1.82, 2.24) is 26.4 Å². The Morgan fingerprint density at radius 3 is 2.43 bits per heavy atom. The summed E-state index contributed by atoms with van der Waals surface area (Å²) in [5.41, 5.74) is 5.05. The Kier molecular flexibility index (Phi) is 12.3. The van der Waals surface area contributed by atoms with Crippen LogP contribution in [0.25, 0.3) is 0 Å². The molecule has 0 aliphatic carbocycles. The molecule has 4 amide bonds. The molecule has 0 aromatic rings. The minimum atomic E-state index is -2.81. The van der Waals surface area contributed by atoms with E-state index in [4.69, 9.17) is 9.70 Å². The van der Waals surface area contributed by atoms with E-state index in [2.05, 4.69) is 26.4 Å². The SMILES string of the molecule is CCN[C@H](C(=O)N[C@@H](CCCNC(N)=O)C(=O)NCCNP1(=O)CCSO1)C(C)C. The average molecular weight is 467 g/mol. The minimum Gasteiger partial charge on any atom is -0.353 e. The smallest absolute Gasteiger partial charge is 0.312 e. The first-order valence-electron chi connectivity index (χ1n) is 10.2. The number of likely N-dealkylation sites (N-methyl/N-ethyl adjacent to an activating group) is 1. The molecule has 1 heterocycles. The van der Waals surface area contributed by atoms with Gasteiger partial charge < -0.3 is 27.0 Å². The van der Waals surface area contributed by atoms with Crippen LogP contribution >= 0.6 is 19.6 Å². The molecule has 1 saturated heterocycles. The zero-order chi connectivity index (χ0) is 22.6. The molecule has 1 aliphatic heterocycles. The second-order valence-electron chi connectivity index (χ2n) is 7.27. The number of amides is 4. The Morgan fingerprint density at radius 1 is 1.13 bits per heavy atom. The first-order chi connectivity index (χ1) is 14.2. The van der Waals surface area contributed by atoms with E-state index in [0.717, 1.165) is 0 Å². The van der Waals surface area contributed by atoms with Gasteiger partial charge in [-0.1, -0.05) is 20.8 Å². The van der Waals surface area contributed by atoms with Crippen molar-refractivity contribution >= 4 is 37.4 Å². The van der Waals surface area contributed by atoms with Crippen LogP contribution < -0.4 is 32.1 Å². The maximum atomic E-state index is 12.7. The Balaban J connectivity index is 2.58. The summed E-state index contributed by atoms with van der Waals surface area (Å²) >= 11 is 1.17. The quantitative estimate of drug-likeness (QED) is 0.119. The summed E-state index contributed by atoms with van der Waals surface area (Å²) in [5.74, 6) is 0.125. The maximum Gasteiger partial charge on any atom is 0.312 e. The van der Waals surface area contributed by atoms with Gasteiger partial charge in [0.2, 0.25) is 11.8 Å². The van der Waals surface area contributed by atoms with Crippen LogP contribution in [0, 0.1) is 5.92 Å². The summed E-state index contributed by atoms with van der Waals surface area (Å²) in [4.78, 5) is 36.1. The zero-order valence-electron chi connectivity index (χ0n) is 17.9. The van der Waals surface area contributed by atoms with E-state index in [0.29, 0.717) is 44.4 Å². The lowest BCUT2D eigenvalue weighted by molar-refractivity contribution is -0.130. The third-order valence-electron chi connectivity index (χ3n) is 4.39. The summed E-state index contributed by atoms with van der Waals surface area (Å²) in [6.07, 6.45) is 1.26. The van der Waals surface area contributed by atoms with Crippen molar-refractivity contribution in [3.63, 3.8) is 0 Å². The van der Waals surface area contributed by atoms with Gasteiger partial charge in [0.15, 0.2) is 0 Å². The largest absolute Gasteiger partial charge is 0.353 e. The van der Waals surface area contributed by atoms with Crippen molar-refractivity contribution in [3.05, 3.63) is 0 Å². The van der Waals surface area contributed by atoms with Gasteiger partial charge in [0, 0.05) is 37.4 Å². The van der Waals surface area contributed by atoms with Crippen LogP contribution in [0.4, 0.5) is 4.79 Å². The van der Waals surface area contributed by atoms with Crippen molar-refractivity contribution in [3.8, 4) is 0 Å². The van der Waals surface area contributed by atoms with Crippen molar-refractivity contribution in [2.45, 2.75) is 45.7 Å². The van der Waals surface area contributed by atoms with Gasteiger partial charge >= 0.3 is 6.03 Å². The molecule has 174 valence electrons. The molecular formula is C17H35N6O5PS. The normalized spacial score (nSPS) is 20.5. The number of hydrogen-bond donors (Lipinski definition) is 6. The van der Waals surface area contributed by atoms with Gasteiger partial charge in [-0.15, -0.1) is 0 Å². The fourth-order valence-corrected chi connectivity index (χ4v) is 6.22. The van der Waals surface area contributed by atoms with E-state index >= 15 is 0 Å². The van der Waals surface area contributed by atoms with Crippen LogP contribution in [0.5, 0.6) is 0 Å². The molecule has 13 heteroatoms. The average Bonchev–Trinajstić information content (AvgIpc) is 3.11. The lowest BCUT2D eigenvalue weighted by atomic mass is 10.0. The number of rotatable bonds is 14. The third-order valence-corrected chi connectivity index (χ3v) is 7.97. The highest BCUT2D eigenvalue weighted by atomic mass is 32.2. The third kappa shape index (κ3) is 10.1. The van der Waals surface area contributed by atoms with E-state index in [1.54, 1.807) is 0 Å². The standard InChI is InChI=1S/C17H35N6O5PS/c1-4-19-14(12(2)3)16(25)23-13(6-5-7-21-17(18)26)15(24)20-8-9-22-29(27)10-11-30-28-29/h12-14,19H,4-11H2,1-3H3,(H,20,24)(H,22,27)(H,23,25)(H3,18,21,26)/t13-,14-,29?/m0/s1. The molecule has 0 spiro atoms. The van der Waals surface area contributed by atoms with Gasteiger partial charge in [-0.2, -0.15) is 0 Å². The van der Waals surface area contributed by atoms with Crippen molar-refractivity contribution in [1.29, 1.82) is 0 Å². The maximum absolute atomic E-state index is 12.7. The van der Waals surface area contributed by atoms with Crippen LogP contribution in [0.15, 0.2) is 0 Å². The van der Waals surface area contributed by atoms with Crippen molar-refractivity contribution in [2.24, 2.45) is 11.7 Å². The van der Waals surface area contributed by atoms with Gasteiger partial charge in [-0.05, 0) is 25.3 Å². The van der Waals surface area contributed by atoms with E-state index in [9.17, 15) is 18.9 Å². The summed E-state index contributed by atoms with van der Waals surface area (Å²) in [6.45, 7) is 7.22. The highest BCUT2D eigenvalue weighted by Crippen LogP contribution is 2.51. The van der Waals surface area contributed by atoms with Crippen LogP contribution in [0.2, 0.25) is 0 Å². The van der Waals surface area contributed by atoms with Crippen LogP contribution in [-0.2, 0) is 18.1 Å². The first kappa shape index (κ1) is 26.7. The predicted molar refractivity (Wildman–Crippen MR) is 118 cm³/mol. The Labute approximate surface area is 182 Å². The van der Waals surface area contributed by atoms with Crippen LogP contribution in [0.3, 0.4) is 0 Å². The molecule has 3 atom stereocenters. The minimum absolute atomic E-state index is 0.0517. The van der Waals surface area contributed by atoms with E-state index in [-0.39, 0.29) is 24.3 Å². The summed E-state index contributed by atoms with van der Waals surface area (Å²) in [6, 6.07) is -1.82. The van der Waals surface area contributed by atoms with E-state index in [1.807, 2.05) is 20.8 Å². The molecule has 30 heavy (non-hydrogen) atoms. The predicted octanol–water partition coefficient (Wildman–Crippen LogP) is 0.131. The molecule has 0 aromatic heterocycles. The van der Waals surface area contributed by atoms with Gasteiger partial charge in [-0.25, -0.2) is 13.9 Å². The number of urea groups is 1. The fraction of sp³-hybridized carbons (Fsp3) is 0.824. The number of primary amides is 1. The molecule has 1 unspecified atom stereocenters. The molecule has 1 fully saturated rings. The molecule has 0 radical (unpaired) electrons. The van der Waals surface area contributed by atoms with Gasteiger partial charge in [0.05, 0.1) is 12.2 Å². The molecular weight excluding hydrogens is 431 g/mol. The van der Waals surface area contributed by atoms with Crippen molar-refractivity contribution in [2.75, 3.05) is 38.1 Å². The number of carbonyl (C=O) groups excluding carboxylic acids is 3. The molecule has 1 rings (SSSR count). The van der Waals surface area contributed by atoms with Crippen LogP contribution in [0.1, 0.15) is 33.6 Å². The second kappa shape index (κ2) is 13.9. The van der Waals surface area contributed by atoms with Crippen molar-refractivity contribution < 1.29 is 22.9 Å². The molecule has 0 aromatic carbocycles. The van der Waals surface area contributed by atoms with E-state index in [1.165, 1.54) is 12.0 Å². The number of carbonyl (C=O) groups is 3. The number of hydrogen-bond acceptors (Lipinski definition) is 7. The van der Waals surface area contributed by atoms with Gasteiger partial charge in [0.1, 0.15) is 6.04 Å².